The highest BCUT2D eigenvalue weighted by Crippen LogP contribution is 2.16. The van der Waals surface area contributed by atoms with Gasteiger partial charge in [-0.3, -0.25) is 28.8 Å². The third-order valence-electron chi connectivity index (χ3n) is 4.68. The number of hydrogen-bond donors (Lipinski definition) is 3. The molecule has 0 saturated heterocycles. The molecule has 1 rings (SSSR count). The first-order valence-electron chi connectivity index (χ1n) is 10.7. The van der Waals surface area contributed by atoms with Crippen LogP contribution in [0.25, 0.3) is 0 Å². The van der Waals surface area contributed by atoms with Crippen molar-refractivity contribution in [3.8, 4) is 0 Å². The molecule has 186 valence electrons. The third kappa shape index (κ3) is 10.3. The first kappa shape index (κ1) is 28.4. The quantitative estimate of drug-likeness (QED) is 0.265. The molecule has 0 radical (unpaired) electrons. The van der Waals surface area contributed by atoms with Crippen molar-refractivity contribution in [2.45, 2.75) is 33.6 Å². The molecule has 0 aliphatic carbocycles. The SMILES string of the molecule is CC(=O)c1cc(NC(=O)CCOCCC(=O)N(C)CC(=O)C(C)C)cc(C(=O)NCC(=O)O)c1. The zero-order valence-electron chi connectivity index (χ0n) is 19.8. The molecule has 1 aromatic carbocycles. The third-order valence-corrected chi connectivity index (χ3v) is 4.68. The monoisotopic (exact) mass is 477 g/mol. The first-order chi connectivity index (χ1) is 15.9. The number of carbonyl (C=O) groups is 6. The average Bonchev–Trinajstić information content (AvgIpc) is 2.76. The predicted molar refractivity (Wildman–Crippen MR) is 123 cm³/mol. The Morgan fingerprint density at radius 3 is 2.21 bits per heavy atom. The summed E-state index contributed by atoms with van der Waals surface area (Å²) in [4.78, 5) is 71.8. The zero-order chi connectivity index (χ0) is 25.8. The van der Waals surface area contributed by atoms with Gasteiger partial charge in [0.2, 0.25) is 11.8 Å². The largest absolute Gasteiger partial charge is 0.480 e. The number of amides is 3. The number of hydrogen-bond acceptors (Lipinski definition) is 7. The molecule has 0 bridgehead atoms. The minimum atomic E-state index is -1.22. The Hall–Kier alpha value is -3.60. The average molecular weight is 478 g/mol. The lowest BCUT2D eigenvalue weighted by Gasteiger charge is -2.17. The van der Waals surface area contributed by atoms with Crippen molar-refractivity contribution in [1.82, 2.24) is 10.2 Å². The van der Waals surface area contributed by atoms with Crippen molar-refractivity contribution in [2.75, 3.05) is 38.7 Å². The summed E-state index contributed by atoms with van der Waals surface area (Å²) in [5.41, 5.74) is 0.400. The maximum absolute atomic E-state index is 12.2. The highest BCUT2D eigenvalue weighted by molar-refractivity contribution is 6.03. The Morgan fingerprint density at radius 2 is 1.62 bits per heavy atom. The van der Waals surface area contributed by atoms with Crippen LogP contribution in [-0.4, -0.2) is 78.6 Å². The highest BCUT2D eigenvalue weighted by atomic mass is 16.5. The van der Waals surface area contributed by atoms with E-state index in [1.54, 1.807) is 20.9 Å². The van der Waals surface area contributed by atoms with Gasteiger partial charge in [-0.1, -0.05) is 13.8 Å². The van der Waals surface area contributed by atoms with Crippen LogP contribution in [0.15, 0.2) is 18.2 Å². The number of carboxylic acids is 1. The van der Waals surface area contributed by atoms with E-state index in [0.717, 1.165) is 0 Å². The molecule has 0 unspecified atom stereocenters. The van der Waals surface area contributed by atoms with Gasteiger partial charge in [-0.25, -0.2) is 0 Å². The normalized spacial score (nSPS) is 10.5. The number of nitrogens with zero attached hydrogens (tertiary/aromatic N) is 1. The summed E-state index contributed by atoms with van der Waals surface area (Å²) >= 11 is 0. The Morgan fingerprint density at radius 1 is 1.00 bits per heavy atom. The number of anilines is 1. The van der Waals surface area contributed by atoms with Gasteiger partial charge in [-0.15, -0.1) is 0 Å². The number of Topliss-reactive ketones (excluding diaryl/α,β-unsaturated/α-hetero) is 2. The Bertz CT molecular complexity index is 942. The lowest BCUT2D eigenvalue weighted by Crippen LogP contribution is -2.34. The van der Waals surface area contributed by atoms with E-state index in [-0.39, 0.29) is 72.8 Å². The minimum absolute atomic E-state index is 0.0269. The Labute approximate surface area is 197 Å². The molecule has 11 heteroatoms. The van der Waals surface area contributed by atoms with Crippen LogP contribution in [0.4, 0.5) is 5.69 Å². The molecular weight excluding hydrogens is 446 g/mol. The van der Waals surface area contributed by atoms with Gasteiger partial charge in [0, 0.05) is 29.8 Å². The van der Waals surface area contributed by atoms with Gasteiger partial charge in [0.1, 0.15) is 6.54 Å². The van der Waals surface area contributed by atoms with Crippen LogP contribution < -0.4 is 10.6 Å². The molecule has 0 fully saturated rings. The van der Waals surface area contributed by atoms with Crippen LogP contribution in [0.1, 0.15) is 54.3 Å². The van der Waals surface area contributed by atoms with E-state index in [9.17, 15) is 28.8 Å². The molecule has 3 amide bonds. The second-order valence-electron chi connectivity index (χ2n) is 7.96. The summed E-state index contributed by atoms with van der Waals surface area (Å²) in [5, 5.41) is 13.4. The number of carbonyl (C=O) groups excluding carboxylic acids is 5. The summed E-state index contributed by atoms with van der Waals surface area (Å²) in [6, 6.07) is 4.04. The van der Waals surface area contributed by atoms with Crippen LogP contribution >= 0.6 is 0 Å². The van der Waals surface area contributed by atoms with E-state index >= 15 is 0 Å². The van der Waals surface area contributed by atoms with Crippen molar-refractivity contribution in [2.24, 2.45) is 5.92 Å². The molecule has 0 aliphatic rings. The highest BCUT2D eigenvalue weighted by Gasteiger charge is 2.16. The summed E-state index contributed by atoms with van der Waals surface area (Å²) in [5.74, 6) is -3.13. The smallest absolute Gasteiger partial charge is 0.322 e. The van der Waals surface area contributed by atoms with E-state index in [1.807, 2.05) is 0 Å². The predicted octanol–water partition coefficient (Wildman–Crippen LogP) is 1.12. The van der Waals surface area contributed by atoms with Crippen molar-refractivity contribution in [1.29, 1.82) is 0 Å². The van der Waals surface area contributed by atoms with E-state index in [0.29, 0.717) is 0 Å². The van der Waals surface area contributed by atoms with Crippen LogP contribution in [0.5, 0.6) is 0 Å². The molecule has 1 aromatic rings. The zero-order valence-corrected chi connectivity index (χ0v) is 19.8. The molecule has 0 atom stereocenters. The molecule has 11 nitrogen and oxygen atoms in total. The van der Waals surface area contributed by atoms with Crippen LogP contribution in [0, 0.1) is 5.92 Å². The Kier molecular flexibility index (Phi) is 11.6. The Balaban J connectivity index is 2.54. The lowest BCUT2D eigenvalue weighted by molar-refractivity contribution is -0.136. The van der Waals surface area contributed by atoms with Crippen molar-refractivity contribution in [3.63, 3.8) is 0 Å². The van der Waals surface area contributed by atoms with E-state index in [2.05, 4.69) is 10.6 Å². The molecule has 34 heavy (non-hydrogen) atoms. The number of rotatable bonds is 14. The van der Waals surface area contributed by atoms with Gasteiger partial charge >= 0.3 is 5.97 Å². The summed E-state index contributed by atoms with van der Waals surface area (Å²) < 4.78 is 5.33. The van der Waals surface area contributed by atoms with Crippen molar-refractivity contribution < 1.29 is 38.6 Å². The summed E-state index contributed by atoms with van der Waals surface area (Å²) in [6.07, 6.45) is 0.0275. The summed E-state index contributed by atoms with van der Waals surface area (Å²) in [6.45, 7) is 4.39. The molecule has 0 aliphatic heterocycles. The minimum Gasteiger partial charge on any atom is -0.480 e. The van der Waals surface area contributed by atoms with Crippen molar-refractivity contribution >= 4 is 40.9 Å². The van der Waals surface area contributed by atoms with Gasteiger partial charge < -0.3 is 25.4 Å². The van der Waals surface area contributed by atoms with Gasteiger partial charge in [-0.2, -0.15) is 0 Å². The maximum atomic E-state index is 12.2. The molecule has 0 saturated carbocycles. The van der Waals surface area contributed by atoms with E-state index in [1.165, 1.54) is 30.0 Å². The van der Waals surface area contributed by atoms with Crippen LogP contribution in [-0.2, 0) is 23.9 Å². The fraction of sp³-hybridized carbons (Fsp3) is 0.478. The summed E-state index contributed by atoms with van der Waals surface area (Å²) in [7, 11) is 1.54. The maximum Gasteiger partial charge on any atom is 0.322 e. The van der Waals surface area contributed by atoms with Gasteiger partial charge in [0.15, 0.2) is 11.6 Å². The molecular formula is C23H31N3O8. The number of carboxylic acid groups (broad SMARTS) is 1. The second kappa shape index (κ2) is 13.8. The molecule has 0 spiro atoms. The number of ether oxygens (including phenoxy) is 1. The standard InChI is InChI=1S/C23H31N3O8/c1-14(2)19(28)13-26(4)21(30)6-8-34-7-5-20(29)25-18-10-16(15(3)27)9-17(11-18)23(33)24-12-22(31)32/h9-11,14H,5-8,12-13H2,1-4H3,(H,24,33)(H,25,29)(H,31,32). The lowest BCUT2D eigenvalue weighted by atomic mass is 10.1. The fourth-order valence-corrected chi connectivity index (χ4v) is 2.64. The number of benzene rings is 1. The molecule has 3 N–H and O–H groups in total. The van der Waals surface area contributed by atoms with Crippen molar-refractivity contribution in [3.05, 3.63) is 29.3 Å². The fourth-order valence-electron chi connectivity index (χ4n) is 2.64. The topological polar surface area (TPSA) is 159 Å². The second-order valence-corrected chi connectivity index (χ2v) is 7.96. The number of likely N-dealkylation sites (N-methyl/N-ethyl adjacent to an activating group) is 1. The van der Waals surface area contributed by atoms with E-state index < -0.39 is 24.3 Å². The molecule has 0 heterocycles. The van der Waals surface area contributed by atoms with Gasteiger partial charge in [0.05, 0.1) is 32.6 Å². The number of ketones is 2. The van der Waals surface area contributed by atoms with E-state index in [4.69, 9.17) is 9.84 Å². The van der Waals surface area contributed by atoms with Crippen LogP contribution in [0.2, 0.25) is 0 Å². The first-order valence-corrected chi connectivity index (χ1v) is 10.7. The van der Waals surface area contributed by atoms with Crippen LogP contribution in [0.3, 0.4) is 0 Å². The van der Waals surface area contributed by atoms with Gasteiger partial charge in [-0.05, 0) is 25.1 Å². The number of aliphatic carboxylic acids is 1. The molecule has 0 aromatic heterocycles. The van der Waals surface area contributed by atoms with Gasteiger partial charge in [0.25, 0.3) is 5.91 Å². The number of nitrogens with one attached hydrogen (secondary N) is 2.